The van der Waals surface area contributed by atoms with Crippen LogP contribution >= 0.6 is 27.5 Å². The number of nitrogens with zero attached hydrogens (tertiary/aromatic N) is 2. The van der Waals surface area contributed by atoms with Gasteiger partial charge in [0.15, 0.2) is 6.10 Å². The number of hydrazone groups is 1. The first-order chi connectivity index (χ1) is 14.6. The molecule has 0 unspecified atom stereocenters. The highest BCUT2D eigenvalue weighted by molar-refractivity contribution is 9.10. The zero-order valence-electron chi connectivity index (χ0n) is 16.3. The predicted octanol–water partition coefficient (Wildman–Crippen LogP) is 6.17. The van der Waals surface area contributed by atoms with E-state index in [1.807, 2.05) is 78.9 Å². The van der Waals surface area contributed by atoms with E-state index in [4.69, 9.17) is 21.4 Å². The van der Waals surface area contributed by atoms with Crippen molar-refractivity contribution in [2.75, 3.05) is 7.11 Å². The van der Waals surface area contributed by atoms with Gasteiger partial charge in [-0.05, 0) is 34.9 Å². The average Bonchev–Trinajstić information content (AvgIpc) is 3.21. The van der Waals surface area contributed by atoms with Gasteiger partial charge in [-0.25, -0.2) is 5.01 Å². The van der Waals surface area contributed by atoms with Gasteiger partial charge < -0.3 is 4.74 Å². The summed E-state index contributed by atoms with van der Waals surface area (Å²) in [5.74, 6) is -0.222. The normalized spacial score (nSPS) is 17.0. The molecule has 3 aromatic carbocycles. The molecule has 0 bridgehead atoms. The van der Waals surface area contributed by atoms with Gasteiger partial charge in [-0.2, -0.15) is 5.10 Å². The van der Waals surface area contributed by atoms with Crippen LogP contribution in [-0.2, 0) is 9.53 Å². The van der Waals surface area contributed by atoms with Gasteiger partial charge in [0, 0.05) is 23.0 Å². The van der Waals surface area contributed by atoms with E-state index in [9.17, 15) is 4.79 Å². The summed E-state index contributed by atoms with van der Waals surface area (Å²) in [5, 5.41) is 6.87. The van der Waals surface area contributed by atoms with Gasteiger partial charge in [-0.15, -0.1) is 0 Å². The van der Waals surface area contributed by atoms with E-state index in [0.29, 0.717) is 11.4 Å². The Morgan fingerprint density at radius 1 is 1.07 bits per heavy atom. The lowest BCUT2D eigenvalue weighted by Gasteiger charge is -2.26. The van der Waals surface area contributed by atoms with Crippen molar-refractivity contribution in [3.05, 3.63) is 105 Å². The summed E-state index contributed by atoms with van der Waals surface area (Å²) in [6, 6.07) is 24.6. The molecule has 1 aliphatic rings. The van der Waals surface area contributed by atoms with E-state index in [1.54, 1.807) is 0 Å². The number of halogens is 2. The third kappa shape index (κ3) is 4.19. The number of rotatable bonds is 5. The number of carbonyl (C=O) groups is 1. The van der Waals surface area contributed by atoms with Gasteiger partial charge in [0.2, 0.25) is 0 Å². The van der Waals surface area contributed by atoms with Gasteiger partial charge in [0.25, 0.3) is 5.91 Å². The van der Waals surface area contributed by atoms with E-state index < -0.39 is 6.10 Å². The van der Waals surface area contributed by atoms with Crippen molar-refractivity contribution in [1.29, 1.82) is 0 Å². The van der Waals surface area contributed by atoms with Crippen LogP contribution in [0.3, 0.4) is 0 Å². The molecule has 1 amide bonds. The minimum atomic E-state index is -0.746. The molecule has 4 nitrogen and oxygen atoms in total. The van der Waals surface area contributed by atoms with Gasteiger partial charge in [0.05, 0.1) is 11.8 Å². The quantitative estimate of drug-likeness (QED) is 0.435. The second-order valence-electron chi connectivity index (χ2n) is 7.00. The number of ether oxygens (including phenoxy) is 1. The van der Waals surface area contributed by atoms with Crippen molar-refractivity contribution < 1.29 is 9.53 Å². The van der Waals surface area contributed by atoms with Gasteiger partial charge >= 0.3 is 0 Å². The zero-order valence-corrected chi connectivity index (χ0v) is 18.7. The third-order valence-electron chi connectivity index (χ3n) is 5.14. The summed E-state index contributed by atoms with van der Waals surface area (Å²) in [4.78, 5) is 13.5. The fourth-order valence-electron chi connectivity index (χ4n) is 3.65. The smallest absolute Gasteiger partial charge is 0.276 e. The lowest BCUT2D eigenvalue weighted by atomic mass is 9.98. The molecule has 0 radical (unpaired) electrons. The van der Waals surface area contributed by atoms with Crippen LogP contribution in [0.4, 0.5) is 0 Å². The van der Waals surface area contributed by atoms with Gasteiger partial charge in [-0.3, -0.25) is 4.79 Å². The Morgan fingerprint density at radius 2 is 1.73 bits per heavy atom. The fraction of sp³-hybridized carbons (Fsp3) is 0.167. The van der Waals surface area contributed by atoms with E-state index in [1.165, 1.54) is 12.1 Å². The number of carbonyl (C=O) groups excluding carboxylic acids is 1. The van der Waals surface area contributed by atoms with Gasteiger partial charge in [0.1, 0.15) is 0 Å². The SMILES string of the molecule is CO[C@@H](C(=O)N1N=C(c2ccc(Br)cc2)C[C@@H]1c1ccccc1Cl)c1ccccc1. The molecule has 1 heterocycles. The molecule has 6 heteroatoms. The molecule has 2 atom stereocenters. The number of benzene rings is 3. The molecular formula is C24H20BrClN2O2. The molecule has 0 N–H and O–H groups in total. The molecule has 4 rings (SSSR count). The highest BCUT2D eigenvalue weighted by Gasteiger charge is 2.37. The maximum Gasteiger partial charge on any atom is 0.276 e. The lowest BCUT2D eigenvalue weighted by molar-refractivity contribution is -0.144. The van der Waals surface area contributed by atoms with Crippen LogP contribution in [0.1, 0.15) is 35.3 Å². The largest absolute Gasteiger partial charge is 0.367 e. The minimum absolute atomic E-state index is 0.222. The molecule has 0 aliphatic carbocycles. The zero-order chi connectivity index (χ0) is 21.1. The number of methoxy groups -OCH3 is 1. The van der Waals surface area contributed by atoms with Crippen molar-refractivity contribution in [2.24, 2.45) is 5.10 Å². The van der Waals surface area contributed by atoms with Crippen LogP contribution in [0, 0.1) is 0 Å². The first kappa shape index (κ1) is 20.8. The molecule has 0 saturated heterocycles. The molecular weight excluding hydrogens is 464 g/mol. The van der Waals surface area contributed by atoms with Crippen LogP contribution in [0.5, 0.6) is 0 Å². The Balaban J connectivity index is 1.74. The molecule has 0 saturated carbocycles. The molecule has 3 aromatic rings. The second kappa shape index (κ2) is 9.13. The Hall–Kier alpha value is -2.47. The molecule has 152 valence electrons. The van der Waals surface area contributed by atoms with Crippen molar-refractivity contribution in [1.82, 2.24) is 5.01 Å². The van der Waals surface area contributed by atoms with Crippen molar-refractivity contribution in [3.8, 4) is 0 Å². The standard InChI is InChI=1S/C24H20BrClN2O2/c1-30-23(17-7-3-2-4-8-17)24(29)28-22(19-9-5-6-10-20(19)26)15-21(27-28)16-11-13-18(25)14-12-16/h2-14,22-23H,15H2,1H3/t22-,23-/m1/s1. The summed E-state index contributed by atoms with van der Waals surface area (Å²) < 4.78 is 6.57. The summed E-state index contributed by atoms with van der Waals surface area (Å²) in [7, 11) is 1.54. The van der Waals surface area contributed by atoms with E-state index in [-0.39, 0.29) is 11.9 Å². The Kier molecular flexibility index (Phi) is 6.32. The number of amides is 1. The van der Waals surface area contributed by atoms with E-state index >= 15 is 0 Å². The Labute approximate surface area is 189 Å². The Morgan fingerprint density at radius 3 is 2.40 bits per heavy atom. The number of hydrogen-bond donors (Lipinski definition) is 0. The summed E-state index contributed by atoms with van der Waals surface area (Å²) in [6.45, 7) is 0. The third-order valence-corrected chi connectivity index (χ3v) is 6.01. The summed E-state index contributed by atoms with van der Waals surface area (Å²) in [6.07, 6.45) is -0.174. The molecule has 0 aromatic heterocycles. The maximum atomic E-state index is 13.5. The summed E-state index contributed by atoms with van der Waals surface area (Å²) >= 11 is 9.96. The van der Waals surface area contributed by atoms with Crippen molar-refractivity contribution in [3.63, 3.8) is 0 Å². The first-order valence-corrected chi connectivity index (χ1v) is 10.7. The van der Waals surface area contributed by atoms with Gasteiger partial charge in [-0.1, -0.05) is 88.2 Å². The van der Waals surface area contributed by atoms with Crippen LogP contribution in [0.25, 0.3) is 0 Å². The lowest BCUT2D eigenvalue weighted by Crippen LogP contribution is -2.32. The van der Waals surface area contributed by atoms with Crippen molar-refractivity contribution >= 4 is 39.1 Å². The van der Waals surface area contributed by atoms with Crippen LogP contribution < -0.4 is 0 Å². The average molecular weight is 484 g/mol. The first-order valence-electron chi connectivity index (χ1n) is 9.57. The highest BCUT2D eigenvalue weighted by Crippen LogP contribution is 2.38. The Bertz CT molecular complexity index is 1070. The second-order valence-corrected chi connectivity index (χ2v) is 8.33. The minimum Gasteiger partial charge on any atom is -0.367 e. The molecule has 1 aliphatic heterocycles. The molecule has 0 spiro atoms. The van der Waals surface area contributed by atoms with E-state index in [0.717, 1.165) is 26.9 Å². The van der Waals surface area contributed by atoms with Crippen LogP contribution in [0.2, 0.25) is 5.02 Å². The summed E-state index contributed by atoms with van der Waals surface area (Å²) in [5.41, 5.74) is 3.46. The predicted molar refractivity (Wildman–Crippen MR) is 123 cm³/mol. The fourth-order valence-corrected chi connectivity index (χ4v) is 4.17. The maximum absolute atomic E-state index is 13.5. The van der Waals surface area contributed by atoms with Crippen LogP contribution in [0.15, 0.2) is 88.4 Å². The van der Waals surface area contributed by atoms with Crippen LogP contribution in [-0.4, -0.2) is 23.7 Å². The monoisotopic (exact) mass is 482 g/mol. The van der Waals surface area contributed by atoms with E-state index in [2.05, 4.69) is 15.9 Å². The molecule has 30 heavy (non-hydrogen) atoms. The molecule has 0 fully saturated rings. The van der Waals surface area contributed by atoms with Crippen molar-refractivity contribution in [2.45, 2.75) is 18.6 Å². The number of hydrogen-bond acceptors (Lipinski definition) is 3. The topological polar surface area (TPSA) is 41.9 Å². The highest BCUT2D eigenvalue weighted by atomic mass is 79.9.